The molecular formula is C14H15ClFN3O. The van der Waals surface area contributed by atoms with Gasteiger partial charge in [-0.25, -0.2) is 9.37 Å². The highest BCUT2D eigenvalue weighted by molar-refractivity contribution is 6.30. The van der Waals surface area contributed by atoms with Crippen LogP contribution in [-0.2, 0) is 0 Å². The number of aromatic nitrogens is 2. The number of nitrogen functional groups attached to an aromatic ring is 1. The molecule has 0 aliphatic carbocycles. The number of rotatable bonds is 3. The van der Waals surface area contributed by atoms with E-state index in [1.54, 1.807) is 13.0 Å². The Kier molecular flexibility index (Phi) is 4.09. The lowest BCUT2D eigenvalue weighted by molar-refractivity contribution is 0.421. The SMILES string of the molecule is Cc1c(N)nc(C(C)C)nc1Oc1cccc(Cl)c1F. The summed E-state index contributed by atoms with van der Waals surface area (Å²) in [7, 11) is 0. The van der Waals surface area contributed by atoms with Gasteiger partial charge in [0.2, 0.25) is 5.88 Å². The van der Waals surface area contributed by atoms with Gasteiger partial charge in [0.05, 0.1) is 10.6 Å². The Morgan fingerprint density at radius 3 is 2.65 bits per heavy atom. The Labute approximate surface area is 121 Å². The molecule has 0 saturated heterocycles. The highest BCUT2D eigenvalue weighted by atomic mass is 35.5. The average molecular weight is 296 g/mol. The van der Waals surface area contributed by atoms with Crippen LogP contribution in [0.25, 0.3) is 0 Å². The number of hydrogen-bond donors (Lipinski definition) is 1. The normalized spacial score (nSPS) is 10.9. The lowest BCUT2D eigenvalue weighted by atomic mass is 10.2. The van der Waals surface area contributed by atoms with Crippen LogP contribution in [0.2, 0.25) is 5.02 Å². The van der Waals surface area contributed by atoms with Crippen molar-refractivity contribution < 1.29 is 9.13 Å². The van der Waals surface area contributed by atoms with Crippen molar-refractivity contribution in [3.8, 4) is 11.6 Å². The number of hydrogen-bond acceptors (Lipinski definition) is 4. The lowest BCUT2D eigenvalue weighted by Crippen LogP contribution is -2.06. The molecule has 0 aliphatic rings. The van der Waals surface area contributed by atoms with Crippen molar-refractivity contribution in [2.45, 2.75) is 26.7 Å². The first kappa shape index (κ1) is 14.5. The fraction of sp³-hybridized carbons (Fsp3) is 0.286. The summed E-state index contributed by atoms with van der Waals surface area (Å²) in [5, 5.41) is -0.00809. The molecule has 0 unspecified atom stereocenters. The molecule has 2 rings (SSSR count). The van der Waals surface area contributed by atoms with Gasteiger partial charge in [-0.15, -0.1) is 0 Å². The van der Waals surface area contributed by atoms with E-state index in [2.05, 4.69) is 9.97 Å². The van der Waals surface area contributed by atoms with Crippen molar-refractivity contribution in [3.05, 3.63) is 40.4 Å². The van der Waals surface area contributed by atoms with Crippen molar-refractivity contribution >= 4 is 17.4 Å². The number of anilines is 1. The van der Waals surface area contributed by atoms with Gasteiger partial charge in [0.25, 0.3) is 0 Å². The molecule has 0 bridgehead atoms. The summed E-state index contributed by atoms with van der Waals surface area (Å²) in [5.41, 5.74) is 6.39. The van der Waals surface area contributed by atoms with Crippen LogP contribution >= 0.6 is 11.6 Å². The summed E-state index contributed by atoms with van der Waals surface area (Å²) < 4.78 is 19.3. The zero-order chi connectivity index (χ0) is 14.9. The maximum atomic E-state index is 13.8. The molecule has 4 nitrogen and oxygen atoms in total. The van der Waals surface area contributed by atoms with Gasteiger partial charge in [-0.2, -0.15) is 4.98 Å². The van der Waals surface area contributed by atoms with E-state index in [9.17, 15) is 4.39 Å². The first-order valence-electron chi connectivity index (χ1n) is 6.16. The first-order valence-corrected chi connectivity index (χ1v) is 6.53. The summed E-state index contributed by atoms with van der Waals surface area (Å²) in [6, 6.07) is 4.53. The van der Waals surface area contributed by atoms with Crippen LogP contribution in [0.15, 0.2) is 18.2 Å². The number of nitrogens with two attached hydrogens (primary N) is 1. The van der Waals surface area contributed by atoms with Crippen molar-refractivity contribution in [1.82, 2.24) is 9.97 Å². The molecule has 2 aromatic rings. The topological polar surface area (TPSA) is 61.0 Å². The minimum Gasteiger partial charge on any atom is -0.435 e. The molecule has 0 fully saturated rings. The van der Waals surface area contributed by atoms with Gasteiger partial charge in [-0.3, -0.25) is 0 Å². The van der Waals surface area contributed by atoms with Crippen LogP contribution in [-0.4, -0.2) is 9.97 Å². The van der Waals surface area contributed by atoms with E-state index in [1.807, 2.05) is 13.8 Å². The minimum absolute atomic E-state index is 0.00778. The van der Waals surface area contributed by atoms with E-state index in [0.717, 1.165) is 0 Å². The minimum atomic E-state index is -0.628. The molecule has 0 radical (unpaired) electrons. The third kappa shape index (κ3) is 2.82. The van der Waals surface area contributed by atoms with Crippen LogP contribution in [0.1, 0.15) is 31.2 Å². The van der Waals surface area contributed by atoms with Gasteiger partial charge in [-0.05, 0) is 19.1 Å². The van der Waals surface area contributed by atoms with E-state index < -0.39 is 5.82 Å². The predicted molar refractivity (Wildman–Crippen MR) is 76.8 cm³/mol. The fourth-order valence-electron chi connectivity index (χ4n) is 1.55. The second kappa shape index (κ2) is 5.63. The number of halogens is 2. The average Bonchev–Trinajstić information content (AvgIpc) is 2.39. The molecule has 106 valence electrons. The zero-order valence-electron chi connectivity index (χ0n) is 11.4. The van der Waals surface area contributed by atoms with Gasteiger partial charge < -0.3 is 10.5 Å². The van der Waals surface area contributed by atoms with Crippen LogP contribution in [0.4, 0.5) is 10.2 Å². The number of nitrogens with zero attached hydrogens (tertiary/aromatic N) is 2. The van der Waals surface area contributed by atoms with Crippen molar-refractivity contribution in [2.75, 3.05) is 5.73 Å². The standard InChI is InChI=1S/C14H15ClFN3O/c1-7(2)13-18-12(17)8(3)14(19-13)20-10-6-4-5-9(15)11(10)16/h4-7H,1-3H3,(H2,17,18,19). The highest BCUT2D eigenvalue weighted by Gasteiger charge is 2.15. The van der Waals surface area contributed by atoms with Crippen molar-refractivity contribution in [1.29, 1.82) is 0 Å². The second-order valence-corrected chi connectivity index (χ2v) is 5.11. The van der Waals surface area contributed by atoms with E-state index in [-0.39, 0.29) is 22.6 Å². The third-order valence-electron chi connectivity index (χ3n) is 2.80. The lowest BCUT2D eigenvalue weighted by Gasteiger charge is -2.13. The van der Waals surface area contributed by atoms with E-state index in [4.69, 9.17) is 22.1 Å². The van der Waals surface area contributed by atoms with E-state index >= 15 is 0 Å². The predicted octanol–water partition coefficient (Wildman–Crippen LogP) is 4.08. The van der Waals surface area contributed by atoms with Crippen LogP contribution in [0, 0.1) is 12.7 Å². The van der Waals surface area contributed by atoms with Crippen LogP contribution < -0.4 is 10.5 Å². The monoisotopic (exact) mass is 295 g/mol. The quantitative estimate of drug-likeness (QED) is 0.927. The smallest absolute Gasteiger partial charge is 0.227 e. The number of benzene rings is 1. The molecule has 1 aromatic carbocycles. The summed E-state index contributed by atoms with van der Waals surface area (Å²) >= 11 is 5.72. The molecule has 0 aliphatic heterocycles. The largest absolute Gasteiger partial charge is 0.435 e. The highest BCUT2D eigenvalue weighted by Crippen LogP contribution is 2.31. The maximum Gasteiger partial charge on any atom is 0.227 e. The Balaban J connectivity index is 2.45. The molecule has 1 aromatic heterocycles. The summed E-state index contributed by atoms with van der Waals surface area (Å²) in [5.74, 6) is 0.573. The Morgan fingerprint density at radius 2 is 2.00 bits per heavy atom. The zero-order valence-corrected chi connectivity index (χ0v) is 12.2. The second-order valence-electron chi connectivity index (χ2n) is 4.71. The molecule has 1 heterocycles. The molecule has 2 N–H and O–H groups in total. The third-order valence-corrected chi connectivity index (χ3v) is 3.09. The Morgan fingerprint density at radius 1 is 1.30 bits per heavy atom. The van der Waals surface area contributed by atoms with Gasteiger partial charge in [-0.1, -0.05) is 31.5 Å². The summed E-state index contributed by atoms with van der Waals surface area (Å²) in [6.45, 7) is 5.60. The molecule has 0 spiro atoms. The summed E-state index contributed by atoms with van der Waals surface area (Å²) in [4.78, 5) is 8.46. The summed E-state index contributed by atoms with van der Waals surface area (Å²) in [6.07, 6.45) is 0. The van der Waals surface area contributed by atoms with Gasteiger partial charge in [0, 0.05) is 5.92 Å². The Hall–Kier alpha value is -1.88. The van der Waals surface area contributed by atoms with E-state index in [0.29, 0.717) is 17.2 Å². The van der Waals surface area contributed by atoms with Crippen molar-refractivity contribution in [3.63, 3.8) is 0 Å². The number of ether oxygens (including phenoxy) is 1. The van der Waals surface area contributed by atoms with Gasteiger partial charge in [0.1, 0.15) is 11.6 Å². The van der Waals surface area contributed by atoms with Crippen molar-refractivity contribution in [2.24, 2.45) is 0 Å². The molecule has 6 heteroatoms. The fourth-order valence-corrected chi connectivity index (χ4v) is 1.72. The molecule has 0 amide bonds. The van der Waals surface area contributed by atoms with Gasteiger partial charge >= 0.3 is 0 Å². The van der Waals surface area contributed by atoms with Crippen LogP contribution in [0.3, 0.4) is 0 Å². The Bertz CT molecular complexity index is 647. The van der Waals surface area contributed by atoms with E-state index in [1.165, 1.54) is 12.1 Å². The molecule has 0 atom stereocenters. The first-order chi connectivity index (χ1) is 9.40. The molecular weight excluding hydrogens is 281 g/mol. The maximum absolute atomic E-state index is 13.8. The molecule has 20 heavy (non-hydrogen) atoms. The molecule has 0 saturated carbocycles. The van der Waals surface area contributed by atoms with Crippen LogP contribution in [0.5, 0.6) is 11.6 Å². The van der Waals surface area contributed by atoms with Gasteiger partial charge in [0.15, 0.2) is 11.6 Å².